The smallest absolute Gasteiger partial charge is 0.234 e. The highest BCUT2D eigenvalue weighted by Crippen LogP contribution is 1.89. The summed E-state index contributed by atoms with van der Waals surface area (Å²) in [6.07, 6.45) is 1.28. The zero-order valence-electron chi connectivity index (χ0n) is 9.67. The Balaban J connectivity index is 3.59. The molecule has 0 saturated heterocycles. The zero-order chi connectivity index (χ0) is 11.8. The van der Waals surface area contributed by atoms with Gasteiger partial charge in [-0.25, -0.2) is 0 Å². The van der Waals surface area contributed by atoms with Crippen LogP contribution in [-0.4, -0.2) is 30.4 Å². The van der Waals surface area contributed by atoms with Crippen molar-refractivity contribution >= 4 is 11.8 Å². The van der Waals surface area contributed by atoms with Crippen LogP contribution < -0.4 is 16.4 Å². The van der Waals surface area contributed by atoms with Gasteiger partial charge in [-0.3, -0.25) is 9.59 Å². The fourth-order valence-electron chi connectivity index (χ4n) is 0.952. The van der Waals surface area contributed by atoms with E-state index in [1.165, 1.54) is 0 Å². The SMILES string of the molecule is CCC(C)NC(=O)CCNC(C)C(N)=O. The molecule has 0 radical (unpaired) electrons. The molecule has 0 heterocycles. The van der Waals surface area contributed by atoms with E-state index in [-0.39, 0.29) is 18.0 Å². The summed E-state index contributed by atoms with van der Waals surface area (Å²) in [6, 6.07) is -0.188. The summed E-state index contributed by atoms with van der Waals surface area (Å²) in [5, 5.41) is 5.71. The molecule has 0 aromatic rings. The van der Waals surface area contributed by atoms with Gasteiger partial charge in [0.15, 0.2) is 0 Å². The van der Waals surface area contributed by atoms with E-state index in [0.717, 1.165) is 6.42 Å². The molecule has 5 heteroatoms. The number of nitrogens with one attached hydrogen (secondary N) is 2. The van der Waals surface area contributed by atoms with Crippen LogP contribution in [-0.2, 0) is 9.59 Å². The first kappa shape index (κ1) is 13.9. The molecule has 15 heavy (non-hydrogen) atoms. The Hall–Kier alpha value is -1.10. The number of hydrogen-bond acceptors (Lipinski definition) is 3. The van der Waals surface area contributed by atoms with Crippen molar-refractivity contribution in [2.45, 2.75) is 45.7 Å². The van der Waals surface area contributed by atoms with Crippen molar-refractivity contribution in [1.82, 2.24) is 10.6 Å². The van der Waals surface area contributed by atoms with Crippen LogP contribution in [0.15, 0.2) is 0 Å². The molecule has 2 unspecified atom stereocenters. The molecule has 0 bridgehead atoms. The quantitative estimate of drug-likeness (QED) is 0.548. The van der Waals surface area contributed by atoms with Gasteiger partial charge in [-0.2, -0.15) is 0 Å². The van der Waals surface area contributed by atoms with Crippen LogP contribution in [0.25, 0.3) is 0 Å². The normalized spacial score (nSPS) is 14.3. The maximum Gasteiger partial charge on any atom is 0.234 e. The third-order valence-electron chi connectivity index (χ3n) is 2.25. The Labute approximate surface area is 90.8 Å². The average molecular weight is 215 g/mol. The van der Waals surface area contributed by atoms with Crippen LogP contribution in [0, 0.1) is 0 Å². The van der Waals surface area contributed by atoms with E-state index in [0.29, 0.717) is 13.0 Å². The molecule has 0 rings (SSSR count). The van der Waals surface area contributed by atoms with Crippen LogP contribution >= 0.6 is 0 Å². The van der Waals surface area contributed by atoms with E-state index in [4.69, 9.17) is 5.73 Å². The second-order valence-electron chi connectivity index (χ2n) is 3.70. The predicted octanol–water partition coefficient (Wildman–Crippen LogP) is -0.245. The first-order valence-corrected chi connectivity index (χ1v) is 5.29. The van der Waals surface area contributed by atoms with E-state index in [1.54, 1.807) is 6.92 Å². The molecular formula is C10H21N3O2. The Morgan fingerprint density at radius 1 is 1.33 bits per heavy atom. The largest absolute Gasteiger partial charge is 0.368 e. The molecular weight excluding hydrogens is 194 g/mol. The molecule has 0 aliphatic rings. The highest BCUT2D eigenvalue weighted by Gasteiger charge is 2.09. The summed E-state index contributed by atoms with van der Waals surface area (Å²) < 4.78 is 0. The van der Waals surface area contributed by atoms with Crippen LogP contribution in [0.1, 0.15) is 33.6 Å². The second-order valence-corrected chi connectivity index (χ2v) is 3.70. The van der Waals surface area contributed by atoms with Crippen molar-refractivity contribution in [1.29, 1.82) is 0 Å². The molecule has 0 aromatic carbocycles. The van der Waals surface area contributed by atoms with Crippen molar-refractivity contribution in [3.8, 4) is 0 Å². The van der Waals surface area contributed by atoms with Crippen molar-refractivity contribution in [3.05, 3.63) is 0 Å². The van der Waals surface area contributed by atoms with E-state index >= 15 is 0 Å². The van der Waals surface area contributed by atoms with Gasteiger partial charge in [0, 0.05) is 19.0 Å². The van der Waals surface area contributed by atoms with Gasteiger partial charge >= 0.3 is 0 Å². The van der Waals surface area contributed by atoms with Crippen LogP contribution in [0.3, 0.4) is 0 Å². The molecule has 0 saturated carbocycles. The molecule has 0 aliphatic heterocycles. The van der Waals surface area contributed by atoms with Crippen molar-refractivity contribution in [2.75, 3.05) is 6.54 Å². The Kier molecular flexibility index (Phi) is 6.70. The van der Waals surface area contributed by atoms with Gasteiger partial charge in [-0.15, -0.1) is 0 Å². The van der Waals surface area contributed by atoms with Gasteiger partial charge < -0.3 is 16.4 Å². The van der Waals surface area contributed by atoms with Gasteiger partial charge in [0.2, 0.25) is 11.8 Å². The predicted molar refractivity (Wildman–Crippen MR) is 59.2 cm³/mol. The highest BCUT2D eigenvalue weighted by atomic mass is 16.2. The fraction of sp³-hybridized carbons (Fsp3) is 0.800. The number of hydrogen-bond donors (Lipinski definition) is 3. The van der Waals surface area contributed by atoms with E-state index in [1.807, 2.05) is 13.8 Å². The zero-order valence-corrected chi connectivity index (χ0v) is 9.67. The van der Waals surface area contributed by atoms with Crippen molar-refractivity contribution in [3.63, 3.8) is 0 Å². The Bertz CT molecular complexity index is 219. The van der Waals surface area contributed by atoms with Gasteiger partial charge in [0.05, 0.1) is 6.04 Å². The number of amides is 2. The first-order chi connectivity index (χ1) is 6.97. The minimum Gasteiger partial charge on any atom is -0.368 e. The minimum absolute atomic E-state index is 0.00600. The van der Waals surface area contributed by atoms with Crippen LogP contribution in [0.5, 0.6) is 0 Å². The lowest BCUT2D eigenvalue weighted by Gasteiger charge is -2.12. The molecule has 0 aliphatic carbocycles. The number of primary amides is 1. The minimum atomic E-state index is -0.405. The Morgan fingerprint density at radius 3 is 2.40 bits per heavy atom. The van der Waals surface area contributed by atoms with Crippen LogP contribution in [0.4, 0.5) is 0 Å². The van der Waals surface area contributed by atoms with Gasteiger partial charge in [-0.1, -0.05) is 6.92 Å². The molecule has 5 nitrogen and oxygen atoms in total. The van der Waals surface area contributed by atoms with Gasteiger partial charge in [-0.05, 0) is 20.3 Å². The summed E-state index contributed by atoms with van der Waals surface area (Å²) in [6.45, 7) is 6.11. The molecule has 88 valence electrons. The lowest BCUT2D eigenvalue weighted by molar-refractivity contribution is -0.122. The maximum absolute atomic E-state index is 11.3. The summed E-state index contributed by atoms with van der Waals surface area (Å²) in [5.41, 5.74) is 5.05. The van der Waals surface area contributed by atoms with E-state index < -0.39 is 5.91 Å². The topological polar surface area (TPSA) is 84.2 Å². The Morgan fingerprint density at radius 2 is 1.93 bits per heavy atom. The van der Waals surface area contributed by atoms with Gasteiger partial charge in [0.25, 0.3) is 0 Å². The van der Waals surface area contributed by atoms with E-state index in [9.17, 15) is 9.59 Å². The van der Waals surface area contributed by atoms with E-state index in [2.05, 4.69) is 10.6 Å². The standard InChI is InChI=1S/C10H21N3O2/c1-4-7(2)13-9(14)5-6-12-8(3)10(11)15/h7-8,12H,4-6H2,1-3H3,(H2,11,15)(H,13,14). The monoisotopic (exact) mass is 215 g/mol. The number of nitrogens with two attached hydrogens (primary N) is 1. The lowest BCUT2D eigenvalue weighted by Crippen LogP contribution is -2.41. The maximum atomic E-state index is 11.3. The molecule has 0 aromatic heterocycles. The molecule has 2 atom stereocenters. The molecule has 0 spiro atoms. The highest BCUT2D eigenvalue weighted by molar-refractivity contribution is 5.79. The average Bonchev–Trinajstić information content (AvgIpc) is 2.17. The summed E-state index contributed by atoms with van der Waals surface area (Å²) >= 11 is 0. The molecule has 4 N–H and O–H groups in total. The third-order valence-corrected chi connectivity index (χ3v) is 2.25. The number of rotatable bonds is 7. The van der Waals surface area contributed by atoms with Crippen molar-refractivity contribution < 1.29 is 9.59 Å². The van der Waals surface area contributed by atoms with Crippen molar-refractivity contribution in [2.24, 2.45) is 5.73 Å². The number of carbonyl (C=O) groups excluding carboxylic acids is 2. The second kappa shape index (κ2) is 7.23. The molecule has 0 fully saturated rings. The lowest BCUT2D eigenvalue weighted by atomic mass is 10.2. The first-order valence-electron chi connectivity index (χ1n) is 5.29. The van der Waals surface area contributed by atoms with Gasteiger partial charge in [0.1, 0.15) is 0 Å². The van der Waals surface area contributed by atoms with Crippen LogP contribution in [0.2, 0.25) is 0 Å². The summed E-state index contributed by atoms with van der Waals surface area (Å²) in [4.78, 5) is 22.0. The third kappa shape index (κ3) is 6.90. The number of carbonyl (C=O) groups is 2. The summed E-state index contributed by atoms with van der Waals surface area (Å²) in [7, 11) is 0. The molecule has 2 amide bonds. The fourth-order valence-corrected chi connectivity index (χ4v) is 0.952. The summed E-state index contributed by atoms with van der Waals surface area (Å²) in [5.74, 6) is -0.411.